The molecule has 35 heavy (non-hydrogen) atoms. The number of amides is 1. The van der Waals surface area contributed by atoms with Crippen LogP contribution in [0.4, 0.5) is 26.3 Å². The van der Waals surface area contributed by atoms with E-state index in [1.54, 1.807) is 0 Å². The first-order valence-corrected chi connectivity index (χ1v) is 10.4. The molecule has 1 atom stereocenters. The number of pyridine rings is 2. The lowest BCUT2D eigenvalue weighted by atomic mass is 9.97. The highest BCUT2D eigenvalue weighted by Gasteiger charge is 2.37. The minimum absolute atomic E-state index is 0.0176. The van der Waals surface area contributed by atoms with Crippen molar-refractivity contribution in [3.05, 3.63) is 106 Å². The van der Waals surface area contributed by atoms with E-state index in [0.717, 1.165) is 42.6 Å². The van der Waals surface area contributed by atoms with Crippen LogP contribution in [0.3, 0.4) is 0 Å². The Labute approximate surface area is 199 Å². The molecule has 4 rings (SSSR count). The smallest absolute Gasteiger partial charge is 0.340 e. The summed E-state index contributed by atoms with van der Waals surface area (Å²) in [6, 6.07) is 9.70. The van der Waals surface area contributed by atoms with Gasteiger partial charge in [-0.1, -0.05) is 23.7 Å². The normalized spacial score (nSPS) is 13.0. The Hall–Kier alpha value is -3.66. The van der Waals surface area contributed by atoms with Crippen LogP contribution in [0.15, 0.2) is 73.1 Å². The molecule has 0 saturated carbocycles. The SMILES string of the molecule is O=C(N[C@@H](c1ccc(C(F)(F)F)cc1)c1ncccc1C(F)(F)F)c1ccc2nccc(Cl)c2c1. The molecule has 0 radical (unpaired) electrons. The first-order chi connectivity index (χ1) is 16.4. The average molecular weight is 510 g/mol. The predicted molar refractivity (Wildman–Crippen MR) is 117 cm³/mol. The second kappa shape index (κ2) is 9.18. The van der Waals surface area contributed by atoms with Gasteiger partial charge in [0.2, 0.25) is 0 Å². The van der Waals surface area contributed by atoms with Crippen LogP contribution in [0.1, 0.15) is 38.8 Å². The number of hydrogen-bond acceptors (Lipinski definition) is 3. The minimum atomic E-state index is -4.82. The molecule has 2 aromatic heterocycles. The Morgan fingerprint density at radius 3 is 2.23 bits per heavy atom. The maximum Gasteiger partial charge on any atom is 0.418 e. The molecule has 0 aliphatic carbocycles. The summed E-state index contributed by atoms with van der Waals surface area (Å²) in [5.41, 5.74) is -2.13. The summed E-state index contributed by atoms with van der Waals surface area (Å²) >= 11 is 6.16. The van der Waals surface area contributed by atoms with Gasteiger partial charge in [-0.2, -0.15) is 26.3 Å². The first-order valence-electron chi connectivity index (χ1n) is 9.99. The molecule has 0 aliphatic rings. The van der Waals surface area contributed by atoms with Crippen LogP contribution >= 0.6 is 11.6 Å². The van der Waals surface area contributed by atoms with Gasteiger partial charge in [-0.25, -0.2) is 0 Å². The number of halogens is 7. The third-order valence-corrected chi connectivity index (χ3v) is 5.54. The number of carbonyl (C=O) groups is 1. The second-order valence-corrected chi connectivity index (χ2v) is 7.89. The fourth-order valence-corrected chi connectivity index (χ4v) is 3.74. The lowest BCUT2D eigenvalue weighted by molar-refractivity contribution is -0.139. The van der Waals surface area contributed by atoms with Crippen LogP contribution in [0, 0.1) is 0 Å². The van der Waals surface area contributed by atoms with Crippen molar-refractivity contribution in [1.29, 1.82) is 0 Å². The van der Waals surface area contributed by atoms with E-state index in [1.807, 2.05) is 0 Å². The van der Waals surface area contributed by atoms with Gasteiger partial charge in [0.15, 0.2) is 0 Å². The fourth-order valence-electron chi connectivity index (χ4n) is 3.53. The average Bonchev–Trinajstić information content (AvgIpc) is 2.81. The molecule has 0 saturated heterocycles. The number of aromatic nitrogens is 2. The van der Waals surface area contributed by atoms with E-state index in [1.165, 1.54) is 30.5 Å². The summed E-state index contributed by atoms with van der Waals surface area (Å²) in [5, 5.41) is 3.23. The zero-order valence-electron chi connectivity index (χ0n) is 17.5. The Balaban J connectivity index is 1.78. The Bertz CT molecular complexity index is 1390. The summed E-state index contributed by atoms with van der Waals surface area (Å²) < 4.78 is 80.1. The highest BCUT2D eigenvalue weighted by Crippen LogP contribution is 2.37. The number of carbonyl (C=O) groups excluding carboxylic acids is 1. The largest absolute Gasteiger partial charge is 0.418 e. The Morgan fingerprint density at radius 1 is 0.857 bits per heavy atom. The van der Waals surface area contributed by atoms with Gasteiger partial charge < -0.3 is 5.32 Å². The Kier molecular flexibility index (Phi) is 6.42. The van der Waals surface area contributed by atoms with E-state index in [-0.39, 0.29) is 11.1 Å². The molecule has 2 aromatic carbocycles. The quantitative estimate of drug-likeness (QED) is 0.306. The third-order valence-electron chi connectivity index (χ3n) is 5.21. The van der Waals surface area contributed by atoms with Crippen LogP contribution < -0.4 is 5.32 Å². The maximum absolute atomic E-state index is 13.7. The third kappa shape index (κ3) is 5.22. The molecule has 0 bridgehead atoms. The van der Waals surface area contributed by atoms with Gasteiger partial charge in [0.05, 0.1) is 33.4 Å². The highest BCUT2D eigenvalue weighted by atomic mass is 35.5. The maximum atomic E-state index is 13.7. The zero-order valence-corrected chi connectivity index (χ0v) is 18.2. The molecule has 11 heteroatoms. The number of rotatable bonds is 4. The molecule has 0 aliphatic heterocycles. The summed E-state index contributed by atoms with van der Waals surface area (Å²) in [6.45, 7) is 0. The van der Waals surface area contributed by atoms with E-state index >= 15 is 0 Å². The van der Waals surface area contributed by atoms with Crippen LogP contribution in [0.25, 0.3) is 10.9 Å². The lowest BCUT2D eigenvalue weighted by Crippen LogP contribution is -2.31. The second-order valence-electron chi connectivity index (χ2n) is 7.48. The molecule has 4 nitrogen and oxygen atoms in total. The predicted octanol–water partition coefficient (Wildman–Crippen LogP) is 6.84. The van der Waals surface area contributed by atoms with Gasteiger partial charge in [0.1, 0.15) is 0 Å². The molecule has 2 heterocycles. The minimum Gasteiger partial charge on any atom is -0.340 e. The zero-order chi connectivity index (χ0) is 25.4. The summed E-state index contributed by atoms with van der Waals surface area (Å²) in [6.07, 6.45) is -6.88. The molecular weight excluding hydrogens is 496 g/mol. The topological polar surface area (TPSA) is 54.9 Å². The molecule has 1 N–H and O–H groups in total. The molecule has 1 amide bonds. The number of nitrogens with zero attached hydrogens (tertiary/aromatic N) is 2. The van der Waals surface area contributed by atoms with Crippen molar-refractivity contribution in [3.63, 3.8) is 0 Å². The number of hydrogen-bond donors (Lipinski definition) is 1. The van der Waals surface area contributed by atoms with Crippen molar-refractivity contribution in [2.75, 3.05) is 0 Å². The van der Waals surface area contributed by atoms with E-state index < -0.39 is 41.1 Å². The standard InChI is InChI=1S/C24H14ClF6N3O/c25-18-9-11-32-19-8-5-14(12-16(18)19)22(35)34-20(13-3-6-15(7-4-13)23(26,27)28)21-17(24(29,30)31)2-1-10-33-21/h1-12,20H,(H,34,35)/t20-/m0/s1. The summed E-state index contributed by atoms with van der Waals surface area (Å²) in [5.74, 6) is -0.782. The molecule has 0 fully saturated rings. The van der Waals surface area contributed by atoms with E-state index in [4.69, 9.17) is 11.6 Å². The van der Waals surface area contributed by atoms with Gasteiger partial charge in [-0.15, -0.1) is 0 Å². The van der Waals surface area contributed by atoms with Crippen molar-refractivity contribution >= 4 is 28.4 Å². The van der Waals surface area contributed by atoms with Gasteiger partial charge in [0, 0.05) is 23.3 Å². The monoisotopic (exact) mass is 509 g/mol. The number of fused-ring (bicyclic) bond motifs is 1. The number of alkyl halides is 6. The van der Waals surface area contributed by atoms with Crippen LogP contribution in [0.2, 0.25) is 5.02 Å². The van der Waals surface area contributed by atoms with E-state index in [2.05, 4.69) is 15.3 Å². The van der Waals surface area contributed by atoms with Gasteiger partial charge >= 0.3 is 12.4 Å². The number of nitrogens with one attached hydrogen (secondary N) is 1. The van der Waals surface area contributed by atoms with Crippen LogP contribution in [-0.4, -0.2) is 15.9 Å². The molecule has 0 unspecified atom stereocenters. The highest BCUT2D eigenvalue weighted by molar-refractivity contribution is 6.35. The fraction of sp³-hybridized carbons (Fsp3) is 0.125. The van der Waals surface area contributed by atoms with E-state index in [0.29, 0.717) is 15.9 Å². The van der Waals surface area contributed by atoms with Gasteiger partial charge in [-0.05, 0) is 54.1 Å². The van der Waals surface area contributed by atoms with Crippen molar-refractivity contribution in [2.45, 2.75) is 18.4 Å². The van der Waals surface area contributed by atoms with Crippen molar-refractivity contribution in [2.24, 2.45) is 0 Å². The first kappa shape index (κ1) is 24.5. The molecule has 180 valence electrons. The van der Waals surface area contributed by atoms with Crippen molar-refractivity contribution < 1.29 is 31.1 Å². The lowest BCUT2D eigenvalue weighted by Gasteiger charge is -2.23. The van der Waals surface area contributed by atoms with Crippen LogP contribution in [0.5, 0.6) is 0 Å². The van der Waals surface area contributed by atoms with Crippen LogP contribution in [-0.2, 0) is 12.4 Å². The van der Waals surface area contributed by atoms with Gasteiger partial charge in [-0.3, -0.25) is 14.8 Å². The Morgan fingerprint density at radius 2 is 1.57 bits per heavy atom. The van der Waals surface area contributed by atoms with E-state index in [9.17, 15) is 31.1 Å². The molecule has 4 aromatic rings. The van der Waals surface area contributed by atoms with Crippen molar-refractivity contribution in [1.82, 2.24) is 15.3 Å². The summed E-state index contributed by atoms with van der Waals surface area (Å²) in [7, 11) is 0. The number of benzene rings is 2. The molecular formula is C24H14ClF6N3O. The van der Waals surface area contributed by atoms with Crippen molar-refractivity contribution in [3.8, 4) is 0 Å². The van der Waals surface area contributed by atoms with Gasteiger partial charge in [0.25, 0.3) is 5.91 Å². The summed E-state index contributed by atoms with van der Waals surface area (Å²) in [4.78, 5) is 21.0. The molecule has 0 spiro atoms.